The zero-order valence-electron chi connectivity index (χ0n) is 9.81. The molecule has 0 bridgehead atoms. The fraction of sp³-hybridized carbons (Fsp3) is 0.143. The fourth-order valence-corrected chi connectivity index (χ4v) is 2.79. The molecule has 1 atom stereocenters. The van der Waals surface area contributed by atoms with E-state index in [-0.39, 0.29) is 11.9 Å². The predicted molar refractivity (Wildman–Crippen MR) is 71.4 cm³/mol. The third kappa shape index (κ3) is 1.83. The molecule has 0 radical (unpaired) electrons. The van der Waals surface area contributed by atoms with Crippen molar-refractivity contribution in [1.29, 1.82) is 0 Å². The lowest BCUT2D eigenvalue weighted by atomic mass is 10.1. The molecule has 0 spiro atoms. The van der Waals surface area contributed by atoms with E-state index in [1.807, 2.05) is 30.6 Å². The molecule has 0 aliphatic rings. The Labute approximate surface area is 108 Å². The van der Waals surface area contributed by atoms with Crippen LogP contribution in [0.3, 0.4) is 0 Å². The third-order valence-electron chi connectivity index (χ3n) is 2.96. The van der Waals surface area contributed by atoms with Gasteiger partial charge in [-0.15, -0.1) is 0 Å². The number of thiophene rings is 1. The average molecular weight is 261 g/mol. The maximum absolute atomic E-state index is 13.6. The van der Waals surface area contributed by atoms with Gasteiger partial charge < -0.3 is 9.73 Å². The number of halogens is 1. The van der Waals surface area contributed by atoms with Gasteiger partial charge in [0.05, 0.1) is 6.04 Å². The predicted octanol–water partition coefficient (Wildman–Crippen LogP) is 3.94. The summed E-state index contributed by atoms with van der Waals surface area (Å²) in [5.74, 6) is 0.412. The van der Waals surface area contributed by atoms with Crippen LogP contribution in [0.25, 0.3) is 11.0 Å². The Morgan fingerprint density at radius 1 is 1.33 bits per heavy atom. The minimum Gasteiger partial charge on any atom is -0.456 e. The van der Waals surface area contributed by atoms with Crippen LogP contribution < -0.4 is 5.32 Å². The van der Waals surface area contributed by atoms with Gasteiger partial charge in [-0.1, -0.05) is 12.1 Å². The number of benzene rings is 1. The van der Waals surface area contributed by atoms with Crippen LogP contribution >= 0.6 is 11.3 Å². The number of furan rings is 1. The number of hydrogen-bond donors (Lipinski definition) is 1. The van der Waals surface area contributed by atoms with Crippen LogP contribution in [0, 0.1) is 5.82 Å². The second-order valence-electron chi connectivity index (χ2n) is 4.09. The van der Waals surface area contributed by atoms with Crippen LogP contribution in [-0.2, 0) is 0 Å². The maximum Gasteiger partial charge on any atom is 0.169 e. The summed E-state index contributed by atoms with van der Waals surface area (Å²) < 4.78 is 19.2. The number of rotatable bonds is 3. The van der Waals surface area contributed by atoms with Crippen molar-refractivity contribution >= 4 is 22.3 Å². The van der Waals surface area contributed by atoms with Crippen LogP contribution in [-0.4, -0.2) is 7.05 Å². The standard InChI is InChI=1S/C14H12FNOS/c1-16-13(10-5-6-18-8-10)12-7-9-3-2-4-11(15)14(9)17-12/h2-8,13,16H,1H3. The van der Waals surface area contributed by atoms with Gasteiger partial charge in [-0.2, -0.15) is 11.3 Å². The molecule has 2 heterocycles. The molecule has 0 fully saturated rings. The molecule has 3 rings (SSSR count). The number of para-hydroxylation sites is 1. The van der Waals surface area contributed by atoms with Gasteiger partial charge in [0.15, 0.2) is 11.4 Å². The molecular formula is C14H12FNOS. The van der Waals surface area contributed by atoms with Gasteiger partial charge in [0, 0.05) is 5.39 Å². The van der Waals surface area contributed by atoms with Gasteiger partial charge in [-0.25, -0.2) is 4.39 Å². The third-order valence-corrected chi connectivity index (χ3v) is 3.67. The first-order chi connectivity index (χ1) is 8.79. The summed E-state index contributed by atoms with van der Waals surface area (Å²) in [5.41, 5.74) is 1.45. The van der Waals surface area contributed by atoms with Crippen molar-refractivity contribution in [1.82, 2.24) is 5.32 Å². The van der Waals surface area contributed by atoms with Crippen molar-refractivity contribution in [3.63, 3.8) is 0 Å². The Morgan fingerprint density at radius 3 is 2.89 bits per heavy atom. The van der Waals surface area contributed by atoms with Crippen LogP contribution in [0.1, 0.15) is 17.4 Å². The fourth-order valence-electron chi connectivity index (χ4n) is 2.10. The summed E-state index contributed by atoms with van der Waals surface area (Å²) in [5, 5.41) is 8.06. The topological polar surface area (TPSA) is 25.2 Å². The van der Waals surface area contributed by atoms with E-state index in [0.717, 1.165) is 16.7 Å². The minimum atomic E-state index is -0.320. The van der Waals surface area contributed by atoms with Gasteiger partial charge in [0.25, 0.3) is 0 Å². The maximum atomic E-state index is 13.6. The van der Waals surface area contributed by atoms with Crippen LogP contribution in [0.2, 0.25) is 0 Å². The van der Waals surface area contributed by atoms with E-state index in [9.17, 15) is 4.39 Å². The summed E-state index contributed by atoms with van der Waals surface area (Å²) in [6.45, 7) is 0. The van der Waals surface area contributed by atoms with Crippen molar-refractivity contribution in [2.24, 2.45) is 0 Å². The Morgan fingerprint density at radius 2 is 2.22 bits per heavy atom. The molecule has 0 aliphatic heterocycles. The van der Waals surface area contributed by atoms with Crippen LogP contribution in [0.4, 0.5) is 4.39 Å². The van der Waals surface area contributed by atoms with Crippen molar-refractivity contribution < 1.29 is 8.81 Å². The Hall–Kier alpha value is -1.65. The van der Waals surface area contributed by atoms with Gasteiger partial charge in [0.1, 0.15) is 5.76 Å². The molecule has 92 valence electrons. The highest BCUT2D eigenvalue weighted by atomic mass is 32.1. The van der Waals surface area contributed by atoms with Gasteiger partial charge in [-0.3, -0.25) is 0 Å². The van der Waals surface area contributed by atoms with Gasteiger partial charge in [-0.05, 0) is 41.6 Å². The van der Waals surface area contributed by atoms with E-state index in [0.29, 0.717) is 5.58 Å². The minimum absolute atomic E-state index is 0.0388. The van der Waals surface area contributed by atoms with Crippen molar-refractivity contribution in [3.05, 3.63) is 58.2 Å². The number of fused-ring (bicyclic) bond motifs is 1. The molecule has 0 saturated carbocycles. The summed E-state index contributed by atoms with van der Waals surface area (Å²) in [6, 6.07) is 8.84. The zero-order chi connectivity index (χ0) is 12.5. The zero-order valence-corrected chi connectivity index (χ0v) is 10.6. The molecule has 1 unspecified atom stereocenters. The molecule has 3 aromatic rings. The lowest BCUT2D eigenvalue weighted by molar-refractivity contribution is 0.477. The molecule has 2 nitrogen and oxygen atoms in total. The average Bonchev–Trinajstić information content (AvgIpc) is 3.00. The van der Waals surface area contributed by atoms with E-state index in [1.165, 1.54) is 6.07 Å². The first-order valence-electron chi connectivity index (χ1n) is 5.67. The molecule has 1 N–H and O–H groups in total. The van der Waals surface area contributed by atoms with Crippen molar-refractivity contribution in [3.8, 4) is 0 Å². The van der Waals surface area contributed by atoms with E-state index in [1.54, 1.807) is 17.4 Å². The summed E-state index contributed by atoms with van der Waals surface area (Å²) in [7, 11) is 1.87. The molecule has 4 heteroatoms. The monoisotopic (exact) mass is 261 g/mol. The number of nitrogens with one attached hydrogen (secondary N) is 1. The van der Waals surface area contributed by atoms with Gasteiger partial charge >= 0.3 is 0 Å². The highest BCUT2D eigenvalue weighted by Gasteiger charge is 2.18. The van der Waals surface area contributed by atoms with E-state index < -0.39 is 0 Å². The summed E-state index contributed by atoms with van der Waals surface area (Å²) >= 11 is 1.63. The smallest absolute Gasteiger partial charge is 0.169 e. The molecule has 1 aromatic carbocycles. The molecular weight excluding hydrogens is 249 g/mol. The van der Waals surface area contributed by atoms with Gasteiger partial charge in [0.2, 0.25) is 0 Å². The van der Waals surface area contributed by atoms with Crippen molar-refractivity contribution in [2.45, 2.75) is 6.04 Å². The summed E-state index contributed by atoms with van der Waals surface area (Å²) in [4.78, 5) is 0. The number of hydrogen-bond acceptors (Lipinski definition) is 3. The Kier molecular flexibility index (Phi) is 2.89. The highest BCUT2D eigenvalue weighted by Crippen LogP contribution is 2.30. The largest absolute Gasteiger partial charge is 0.456 e. The molecule has 18 heavy (non-hydrogen) atoms. The second-order valence-corrected chi connectivity index (χ2v) is 4.87. The Balaban J connectivity index is 2.11. The first-order valence-corrected chi connectivity index (χ1v) is 6.61. The van der Waals surface area contributed by atoms with Crippen LogP contribution in [0.15, 0.2) is 45.5 Å². The summed E-state index contributed by atoms with van der Waals surface area (Å²) in [6.07, 6.45) is 0. The SMILES string of the molecule is CNC(c1ccsc1)c1cc2cccc(F)c2o1. The highest BCUT2D eigenvalue weighted by molar-refractivity contribution is 7.08. The van der Waals surface area contributed by atoms with E-state index >= 15 is 0 Å². The second kappa shape index (κ2) is 4.55. The molecule has 0 amide bonds. The lowest BCUT2D eigenvalue weighted by Gasteiger charge is -2.11. The van der Waals surface area contributed by atoms with Crippen molar-refractivity contribution in [2.75, 3.05) is 7.05 Å². The molecule has 0 saturated heterocycles. The lowest BCUT2D eigenvalue weighted by Crippen LogP contribution is -2.16. The van der Waals surface area contributed by atoms with Crippen LogP contribution in [0.5, 0.6) is 0 Å². The van der Waals surface area contributed by atoms with E-state index in [4.69, 9.17) is 4.42 Å². The molecule has 2 aromatic heterocycles. The first kappa shape index (κ1) is 11.4. The Bertz CT molecular complexity index is 660. The normalized spacial score (nSPS) is 13.0. The quantitative estimate of drug-likeness (QED) is 0.772. The van der Waals surface area contributed by atoms with E-state index in [2.05, 4.69) is 10.7 Å². The molecule has 0 aliphatic carbocycles.